The Morgan fingerprint density at radius 2 is 1.53 bits per heavy atom. The van der Waals surface area contributed by atoms with Gasteiger partial charge in [-0.3, -0.25) is 33.8 Å². The molecule has 4 aliphatic rings. The van der Waals surface area contributed by atoms with Gasteiger partial charge in [-0.15, -0.1) is 0 Å². The molecule has 18 nitrogen and oxygen atoms in total. The van der Waals surface area contributed by atoms with Crippen LogP contribution in [-0.4, -0.2) is 107 Å². The Hall–Kier alpha value is -6.94. The number of amides is 5. The molecule has 402 valence electrons. The minimum atomic E-state index is -4.85. The molecule has 5 N–H and O–H groups in total. The number of ether oxygens (including phenoxy) is 4. The lowest BCUT2D eigenvalue weighted by Crippen LogP contribution is -2.41. The zero-order valence-corrected chi connectivity index (χ0v) is 41.3. The quantitative estimate of drug-likeness (QED) is 0.0377. The van der Waals surface area contributed by atoms with Crippen LogP contribution in [0, 0.1) is 17.7 Å². The number of pyridine rings is 3. The van der Waals surface area contributed by atoms with Gasteiger partial charge in [0.15, 0.2) is 11.5 Å². The van der Waals surface area contributed by atoms with Gasteiger partial charge in [0, 0.05) is 93.1 Å². The molecule has 1 aromatic carbocycles. The SMILES string of the molecule is O=C(CCCOC1CCC(OCCNC(=O)[C@H]2CC(=O)N(C3CC3)[C@@H]2c2cccnc2)CC1)NC1CCC(C(=O)NCCCOc2cc(F)ccc2Oc2ncc(C(F)(F)F)cc2C(=O)Nc2cc[nH]c(=O)c2)CC1. The molecular weight excluding hydrogens is 985 g/mol. The first-order valence-corrected chi connectivity index (χ1v) is 25.6. The highest BCUT2D eigenvalue weighted by Gasteiger charge is 2.50. The molecule has 8 rings (SSSR count). The van der Waals surface area contributed by atoms with Gasteiger partial charge in [0.2, 0.25) is 35.1 Å². The molecule has 4 fully saturated rings. The van der Waals surface area contributed by atoms with Crippen LogP contribution in [0.4, 0.5) is 23.2 Å². The van der Waals surface area contributed by atoms with Crippen molar-refractivity contribution in [1.29, 1.82) is 0 Å². The molecule has 0 radical (unpaired) electrons. The van der Waals surface area contributed by atoms with Crippen molar-refractivity contribution in [3.63, 3.8) is 0 Å². The molecule has 1 saturated heterocycles. The van der Waals surface area contributed by atoms with Crippen LogP contribution in [0.5, 0.6) is 17.4 Å². The minimum Gasteiger partial charge on any atom is -0.489 e. The smallest absolute Gasteiger partial charge is 0.417 e. The van der Waals surface area contributed by atoms with E-state index in [0.717, 1.165) is 62.3 Å². The van der Waals surface area contributed by atoms with E-state index in [1.54, 1.807) is 12.4 Å². The van der Waals surface area contributed by atoms with Crippen molar-refractivity contribution in [2.45, 2.75) is 126 Å². The number of likely N-dealkylation sites (tertiary alicyclic amines) is 1. The number of H-pyrrole nitrogens is 1. The van der Waals surface area contributed by atoms with E-state index < -0.39 is 46.4 Å². The van der Waals surface area contributed by atoms with Gasteiger partial charge in [0.25, 0.3) is 5.91 Å². The lowest BCUT2D eigenvalue weighted by Gasteiger charge is -2.29. The number of rotatable bonds is 23. The predicted octanol–water partition coefficient (Wildman–Crippen LogP) is 6.92. The first-order valence-electron chi connectivity index (χ1n) is 25.6. The zero-order valence-electron chi connectivity index (χ0n) is 41.3. The first-order chi connectivity index (χ1) is 36.2. The highest BCUT2D eigenvalue weighted by Crippen LogP contribution is 2.45. The number of halogens is 4. The van der Waals surface area contributed by atoms with Crippen molar-refractivity contribution < 1.29 is 60.5 Å². The molecule has 1 aliphatic heterocycles. The third kappa shape index (κ3) is 15.3. The summed E-state index contributed by atoms with van der Waals surface area (Å²) < 4.78 is 78.8. The normalized spacial score (nSPS) is 21.8. The topological polar surface area (TPSA) is 232 Å². The Balaban J connectivity index is 0.669. The van der Waals surface area contributed by atoms with Crippen molar-refractivity contribution in [1.82, 2.24) is 35.8 Å². The van der Waals surface area contributed by atoms with E-state index in [1.807, 2.05) is 17.0 Å². The molecule has 0 bridgehead atoms. The van der Waals surface area contributed by atoms with Gasteiger partial charge in [-0.2, -0.15) is 13.2 Å². The second kappa shape index (κ2) is 25.5. The van der Waals surface area contributed by atoms with Crippen LogP contribution in [0.15, 0.2) is 78.1 Å². The standard InChI is InChI=1S/C53H62F4N8O10/c54-35-8-17-43(75-52-42(26-34(31-62-52)53(55,56)57)51(71)64-37-18-21-59-46(67)28-37)44(27-35)74-24-3-20-60-49(69)32-6-9-36(10-7-32)63-45(66)5-2-23-72-39-13-15-40(16-14-39)73-25-22-61-50(70)41-29-47(68)65(38-11-12-38)48(41)33-4-1-19-58-30-33/h1,4,8,17-19,21,26-28,30-32,36,38-41,48H,2-3,5-7,9-16,20,22-25,29H2,(H,60,69)(H,61,70)(H,63,66)(H2,59,64,67,71)/t32?,36?,39?,40?,41-,48+/m0/s1. The van der Waals surface area contributed by atoms with E-state index in [1.165, 1.54) is 18.3 Å². The van der Waals surface area contributed by atoms with Crippen LogP contribution >= 0.6 is 0 Å². The van der Waals surface area contributed by atoms with Crippen LogP contribution in [0.25, 0.3) is 0 Å². The summed E-state index contributed by atoms with van der Waals surface area (Å²) in [5.41, 5.74) is -1.52. The Morgan fingerprint density at radius 1 is 0.787 bits per heavy atom. The summed E-state index contributed by atoms with van der Waals surface area (Å²) in [7, 11) is 0. The maximum absolute atomic E-state index is 14.3. The van der Waals surface area contributed by atoms with Crippen LogP contribution < -0.4 is 36.3 Å². The lowest BCUT2D eigenvalue weighted by atomic mass is 9.85. The second-order valence-electron chi connectivity index (χ2n) is 19.4. The van der Waals surface area contributed by atoms with E-state index in [4.69, 9.17) is 18.9 Å². The predicted molar refractivity (Wildman–Crippen MR) is 263 cm³/mol. The van der Waals surface area contributed by atoms with Crippen molar-refractivity contribution in [2.24, 2.45) is 11.8 Å². The summed E-state index contributed by atoms with van der Waals surface area (Å²) in [4.78, 5) is 89.0. The molecule has 3 aliphatic carbocycles. The molecule has 4 aromatic rings. The van der Waals surface area contributed by atoms with Gasteiger partial charge in [-0.05, 0) is 113 Å². The zero-order chi connectivity index (χ0) is 52.9. The van der Waals surface area contributed by atoms with Crippen LogP contribution in [0.2, 0.25) is 0 Å². The Kier molecular flexibility index (Phi) is 18.5. The molecule has 75 heavy (non-hydrogen) atoms. The summed E-state index contributed by atoms with van der Waals surface area (Å²) >= 11 is 0. The first kappa shape index (κ1) is 54.3. The lowest BCUT2D eigenvalue weighted by molar-refractivity contribution is -0.138. The molecule has 5 amide bonds. The summed E-state index contributed by atoms with van der Waals surface area (Å²) in [6, 6.07) is 9.73. The number of carbonyl (C=O) groups is 5. The van der Waals surface area contributed by atoms with Gasteiger partial charge in [-0.25, -0.2) is 9.37 Å². The number of carbonyl (C=O) groups excluding carboxylic acids is 5. The van der Waals surface area contributed by atoms with E-state index in [2.05, 4.69) is 36.2 Å². The molecule has 2 atom stereocenters. The second-order valence-corrected chi connectivity index (χ2v) is 19.4. The average molecular weight is 1050 g/mol. The van der Waals surface area contributed by atoms with Crippen molar-refractivity contribution in [2.75, 3.05) is 38.2 Å². The molecule has 3 saturated carbocycles. The summed E-state index contributed by atoms with van der Waals surface area (Å²) in [6.07, 6.45) is 9.67. The third-order valence-corrected chi connectivity index (χ3v) is 13.9. The van der Waals surface area contributed by atoms with E-state index in [0.29, 0.717) is 77.0 Å². The maximum Gasteiger partial charge on any atom is 0.417 e. The fourth-order valence-corrected chi connectivity index (χ4v) is 9.86. The average Bonchev–Trinajstić information content (AvgIpc) is 4.18. The molecule has 4 heterocycles. The highest BCUT2D eigenvalue weighted by molar-refractivity contribution is 6.06. The Bertz CT molecular complexity index is 2680. The minimum absolute atomic E-state index is 0.00480. The Labute approximate surface area is 430 Å². The van der Waals surface area contributed by atoms with Gasteiger partial charge >= 0.3 is 6.18 Å². The number of benzene rings is 1. The van der Waals surface area contributed by atoms with Gasteiger partial charge in [-0.1, -0.05) is 6.07 Å². The largest absolute Gasteiger partial charge is 0.489 e. The number of aromatic nitrogens is 3. The molecule has 0 spiro atoms. The third-order valence-electron chi connectivity index (χ3n) is 13.9. The summed E-state index contributed by atoms with van der Waals surface area (Å²) in [6.45, 7) is 1.43. The number of hydrogen-bond donors (Lipinski definition) is 5. The summed E-state index contributed by atoms with van der Waals surface area (Å²) in [5, 5.41) is 11.3. The molecule has 0 unspecified atom stereocenters. The highest BCUT2D eigenvalue weighted by atomic mass is 19.4. The van der Waals surface area contributed by atoms with E-state index in [-0.39, 0.29) is 96.6 Å². The van der Waals surface area contributed by atoms with Crippen LogP contribution in [0.3, 0.4) is 0 Å². The number of anilines is 1. The number of hydrogen-bond acceptors (Lipinski definition) is 12. The number of nitrogens with zero attached hydrogens (tertiary/aromatic N) is 3. The molecule has 3 aromatic heterocycles. The number of nitrogens with one attached hydrogen (secondary N) is 5. The van der Waals surface area contributed by atoms with Gasteiger partial charge in [0.05, 0.1) is 42.9 Å². The van der Waals surface area contributed by atoms with Crippen LogP contribution in [0.1, 0.15) is 117 Å². The summed E-state index contributed by atoms with van der Waals surface area (Å²) in [5.74, 6) is -3.59. The molecular formula is C53H62F4N8O10. The van der Waals surface area contributed by atoms with Crippen molar-refractivity contribution >= 4 is 35.2 Å². The number of aromatic amines is 1. The van der Waals surface area contributed by atoms with Crippen molar-refractivity contribution in [3.8, 4) is 17.4 Å². The fraction of sp³-hybridized carbons (Fsp3) is 0.509. The van der Waals surface area contributed by atoms with Gasteiger partial charge < -0.3 is 50.1 Å². The molecule has 22 heteroatoms. The Morgan fingerprint density at radius 3 is 2.24 bits per heavy atom. The van der Waals surface area contributed by atoms with Gasteiger partial charge in [0.1, 0.15) is 11.4 Å². The fourth-order valence-electron chi connectivity index (χ4n) is 9.86. The monoisotopic (exact) mass is 1050 g/mol. The van der Waals surface area contributed by atoms with E-state index >= 15 is 0 Å². The maximum atomic E-state index is 14.3. The van der Waals surface area contributed by atoms with Crippen molar-refractivity contribution in [3.05, 3.63) is 106 Å². The van der Waals surface area contributed by atoms with E-state index in [9.17, 15) is 46.3 Å². The number of alkyl halides is 3. The van der Waals surface area contributed by atoms with Crippen LogP contribution in [-0.2, 0) is 34.8 Å².